The van der Waals surface area contributed by atoms with E-state index in [9.17, 15) is 17.6 Å². The Bertz CT molecular complexity index is 882. The number of fused-ring (bicyclic) bond motifs is 1. The molecule has 1 aliphatic carbocycles. The number of ether oxygens (including phenoxy) is 1. The van der Waals surface area contributed by atoms with E-state index in [0.717, 1.165) is 43.4 Å². The third kappa shape index (κ3) is 6.47. The van der Waals surface area contributed by atoms with Crippen LogP contribution in [0.5, 0.6) is 0 Å². The summed E-state index contributed by atoms with van der Waals surface area (Å²) < 4.78 is 52.4. The molecule has 1 saturated carbocycles. The summed E-state index contributed by atoms with van der Waals surface area (Å²) in [6.07, 6.45) is -2.47. The van der Waals surface area contributed by atoms with Crippen LogP contribution in [-0.4, -0.2) is 57.4 Å². The Morgan fingerprint density at radius 1 is 1.26 bits per heavy atom. The molecule has 0 amide bonds. The minimum Gasteiger partial charge on any atom is -0.475 e. The molecule has 1 unspecified atom stereocenters. The van der Waals surface area contributed by atoms with E-state index in [0.29, 0.717) is 6.61 Å². The maximum Gasteiger partial charge on any atom is 0.490 e. The van der Waals surface area contributed by atoms with E-state index in [1.54, 1.807) is 7.11 Å². The summed E-state index contributed by atoms with van der Waals surface area (Å²) in [5.41, 5.74) is 3.42. The summed E-state index contributed by atoms with van der Waals surface area (Å²) in [7, 11) is 1.74. The molecule has 2 aliphatic rings. The molecule has 4 rings (SSSR count). The Morgan fingerprint density at radius 2 is 1.90 bits per heavy atom. The van der Waals surface area contributed by atoms with Gasteiger partial charge in [0.25, 0.3) is 0 Å². The number of alkyl halides is 3. The van der Waals surface area contributed by atoms with Crippen LogP contribution in [0.1, 0.15) is 35.7 Å². The number of rotatable bonds is 6. The molecule has 1 aliphatic heterocycles. The van der Waals surface area contributed by atoms with Crippen LogP contribution in [-0.2, 0) is 29.2 Å². The molecule has 1 atom stereocenters. The molecule has 0 radical (unpaired) electrons. The van der Waals surface area contributed by atoms with Crippen molar-refractivity contribution in [3.63, 3.8) is 0 Å². The first kappa shape index (κ1) is 23.1. The highest BCUT2D eigenvalue weighted by atomic mass is 19.4. The number of carboxylic acids is 1. The quantitative estimate of drug-likeness (QED) is 0.690. The number of aromatic nitrogens is 3. The van der Waals surface area contributed by atoms with Gasteiger partial charge in [-0.2, -0.15) is 13.2 Å². The maximum atomic E-state index is 13.1. The Kier molecular flexibility index (Phi) is 7.26. The van der Waals surface area contributed by atoms with Gasteiger partial charge in [-0.15, -0.1) is 5.10 Å². The van der Waals surface area contributed by atoms with Crippen LogP contribution < -0.4 is 0 Å². The minimum atomic E-state index is -5.08. The van der Waals surface area contributed by atoms with Gasteiger partial charge in [0.1, 0.15) is 11.5 Å². The zero-order chi connectivity index (χ0) is 22.6. The third-order valence-corrected chi connectivity index (χ3v) is 5.14. The third-order valence-electron chi connectivity index (χ3n) is 5.14. The Hall–Kier alpha value is -2.53. The lowest BCUT2D eigenvalue weighted by Gasteiger charge is -2.32. The lowest BCUT2D eigenvalue weighted by molar-refractivity contribution is -0.192. The van der Waals surface area contributed by atoms with Gasteiger partial charge < -0.3 is 9.84 Å². The van der Waals surface area contributed by atoms with Crippen molar-refractivity contribution < 1.29 is 32.2 Å². The van der Waals surface area contributed by atoms with Crippen LogP contribution in [0.2, 0.25) is 0 Å². The molecule has 1 aromatic heterocycles. The first-order valence-corrected chi connectivity index (χ1v) is 9.85. The van der Waals surface area contributed by atoms with Crippen LogP contribution >= 0.6 is 0 Å². The molecule has 170 valence electrons. The number of halogens is 4. The molecule has 1 fully saturated rings. The second kappa shape index (κ2) is 9.73. The van der Waals surface area contributed by atoms with Crippen LogP contribution in [0.3, 0.4) is 0 Å². The Morgan fingerprint density at radius 3 is 2.45 bits per heavy atom. The summed E-state index contributed by atoms with van der Waals surface area (Å²) in [5, 5.41) is 16.0. The van der Waals surface area contributed by atoms with E-state index >= 15 is 0 Å². The predicted octanol–water partition coefficient (Wildman–Crippen LogP) is 3.21. The summed E-state index contributed by atoms with van der Waals surface area (Å²) in [6, 6.07) is 6.73. The largest absolute Gasteiger partial charge is 0.490 e. The first-order valence-electron chi connectivity index (χ1n) is 9.85. The van der Waals surface area contributed by atoms with E-state index in [-0.39, 0.29) is 11.7 Å². The Labute approximate surface area is 176 Å². The Balaban J connectivity index is 0.000000339. The van der Waals surface area contributed by atoms with Crippen LogP contribution in [0.4, 0.5) is 17.6 Å². The van der Waals surface area contributed by atoms with Gasteiger partial charge in [0.15, 0.2) is 0 Å². The molecular weight excluding hydrogens is 420 g/mol. The molecule has 1 N–H and O–H groups in total. The molecule has 11 heteroatoms. The number of methoxy groups -OCH3 is 1. The van der Waals surface area contributed by atoms with Gasteiger partial charge in [-0.3, -0.25) is 4.90 Å². The highest BCUT2D eigenvalue weighted by Gasteiger charge is 2.38. The van der Waals surface area contributed by atoms with Crippen LogP contribution in [0.25, 0.3) is 0 Å². The lowest BCUT2D eigenvalue weighted by Crippen LogP contribution is -2.36. The van der Waals surface area contributed by atoms with Crippen molar-refractivity contribution in [2.24, 2.45) is 5.92 Å². The van der Waals surface area contributed by atoms with Crippen molar-refractivity contribution in [2.75, 3.05) is 20.3 Å². The molecule has 31 heavy (non-hydrogen) atoms. The van der Waals surface area contributed by atoms with Gasteiger partial charge in [0.2, 0.25) is 0 Å². The fraction of sp³-hybridized carbons (Fsp3) is 0.550. The van der Waals surface area contributed by atoms with Gasteiger partial charge in [0, 0.05) is 39.2 Å². The molecular formula is C20H24F4N4O3. The number of aliphatic carboxylic acids is 1. The van der Waals surface area contributed by atoms with Crippen LogP contribution in [0, 0.1) is 11.7 Å². The zero-order valence-corrected chi connectivity index (χ0v) is 17.0. The van der Waals surface area contributed by atoms with E-state index in [2.05, 4.69) is 19.9 Å². The van der Waals surface area contributed by atoms with E-state index in [4.69, 9.17) is 14.6 Å². The van der Waals surface area contributed by atoms with E-state index in [1.165, 1.54) is 30.7 Å². The summed E-state index contributed by atoms with van der Waals surface area (Å²) in [5.74, 6) is -1.89. The van der Waals surface area contributed by atoms with Crippen molar-refractivity contribution in [3.8, 4) is 0 Å². The van der Waals surface area contributed by atoms with Crippen LogP contribution in [0.15, 0.2) is 24.3 Å². The number of nitrogens with zero attached hydrogens (tertiary/aromatic N) is 4. The second-order valence-electron chi connectivity index (χ2n) is 7.80. The van der Waals surface area contributed by atoms with Gasteiger partial charge >= 0.3 is 12.1 Å². The van der Waals surface area contributed by atoms with Crippen molar-refractivity contribution in [3.05, 3.63) is 47.0 Å². The second-order valence-corrected chi connectivity index (χ2v) is 7.80. The summed E-state index contributed by atoms with van der Waals surface area (Å²) >= 11 is 0. The molecule has 7 nitrogen and oxygen atoms in total. The number of carbonyl (C=O) groups is 1. The van der Waals surface area contributed by atoms with Gasteiger partial charge in [-0.1, -0.05) is 17.3 Å². The topological polar surface area (TPSA) is 80.5 Å². The zero-order valence-electron chi connectivity index (χ0n) is 17.0. The fourth-order valence-electron chi connectivity index (χ4n) is 3.57. The monoisotopic (exact) mass is 444 g/mol. The number of benzene rings is 1. The van der Waals surface area contributed by atoms with Gasteiger partial charge in [-0.05, 0) is 36.5 Å². The molecule has 2 aromatic rings. The molecule has 2 heterocycles. The van der Waals surface area contributed by atoms with Gasteiger partial charge in [-0.25, -0.2) is 13.9 Å². The van der Waals surface area contributed by atoms with Crippen molar-refractivity contribution in [2.45, 2.75) is 44.6 Å². The molecule has 1 aromatic carbocycles. The molecule has 0 spiro atoms. The summed E-state index contributed by atoms with van der Waals surface area (Å²) in [6.45, 7) is 4.15. The predicted molar refractivity (Wildman–Crippen MR) is 102 cm³/mol. The normalized spacial score (nSPS) is 18.8. The van der Waals surface area contributed by atoms with E-state index < -0.39 is 12.1 Å². The van der Waals surface area contributed by atoms with Crippen molar-refractivity contribution in [1.29, 1.82) is 0 Å². The molecule has 0 saturated heterocycles. The van der Waals surface area contributed by atoms with Crippen molar-refractivity contribution in [1.82, 2.24) is 19.9 Å². The number of carboxylic acid groups (broad SMARTS) is 1. The highest BCUT2D eigenvalue weighted by molar-refractivity contribution is 5.73. The number of hydrogen-bond donors (Lipinski definition) is 1. The minimum absolute atomic E-state index is 0.194. The first-order chi connectivity index (χ1) is 14.7. The standard InChI is InChI=1S/C18H23FN4O.C2HF3O2/c1-24-12-15-10-22(8-13-4-6-16(19)7-5-13)11-17-18(15)23(21-20-17)9-14-2-3-14;3-2(4,5)1(6)7/h4-7,14-15H,2-3,8-12H2,1H3;(H,6,7). The van der Waals surface area contributed by atoms with Gasteiger partial charge in [0.05, 0.1) is 12.3 Å². The average molecular weight is 444 g/mol. The SMILES string of the molecule is COCC1CN(Cc2ccc(F)cc2)Cc2nnn(CC3CC3)c21.O=C(O)C(F)(F)F. The average Bonchev–Trinajstić information content (AvgIpc) is 3.42. The fourth-order valence-corrected chi connectivity index (χ4v) is 3.57. The van der Waals surface area contributed by atoms with Crippen molar-refractivity contribution >= 4 is 5.97 Å². The maximum absolute atomic E-state index is 13.1. The molecule has 0 bridgehead atoms. The lowest BCUT2D eigenvalue weighted by atomic mass is 9.98. The highest BCUT2D eigenvalue weighted by Crippen LogP contribution is 2.34. The smallest absolute Gasteiger partial charge is 0.475 e. The summed E-state index contributed by atoms with van der Waals surface area (Å²) in [4.78, 5) is 11.2. The number of hydrogen-bond acceptors (Lipinski definition) is 5. The van der Waals surface area contributed by atoms with E-state index in [1.807, 2.05) is 12.1 Å².